The molecule has 0 bridgehead atoms. The molecule has 24 heavy (non-hydrogen) atoms. The summed E-state index contributed by atoms with van der Waals surface area (Å²) in [6.07, 6.45) is 0. The van der Waals surface area contributed by atoms with Gasteiger partial charge in [-0.25, -0.2) is 0 Å². The van der Waals surface area contributed by atoms with Crippen LogP contribution in [0.4, 0.5) is 11.4 Å². The molecule has 2 aromatic carbocycles. The highest BCUT2D eigenvalue weighted by atomic mass is 31.2. The number of rotatable bonds is 6. The summed E-state index contributed by atoms with van der Waals surface area (Å²) in [6, 6.07) is 14.5. The standard InChI is InChI=1S/C18H25N2O3P/c1-19(2)15-8-6-14(7-9-15)18(21)24(22,23-5)17-12-10-16(11-13-17)20(3)4/h6-13,18,21H,1-5H3/t18-,24+/m1/s1. The second kappa shape index (κ2) is 7.39. The molecular weight excluding hydrogens is 323 g/mol. The molecular formula is C18H25N2O3P. The van der Waals surface area contributed by atoms with Crippen LogP contribution in [0.15, 0.2) is 48.5 Å². The van der Waals surface area contributed by atoms with Gasteiger partial charge in [-0.15, -0.1) is 0 Å². The van der Waals surface area contributed by atoms with Crippen molar-refractivity contribution < 1.29 is 14.2 Å². The summed E-state index contributed by atoms with van der Waals surface area (Å²) in [5.41, 5.74) is 2.57. The van der Waals surface area contributed by atoms with Gasteiger partial charge in [0.25, 0.3) is 7.37 Å². The molecule has 0 radical (unpaired) electrons. The van der Waals surface area contributed by atoms with Gasteiger partial charge < -0.3 is 19.4 Å². The van der Waals surface area contributed by atoms with E-state index in [0.29, 0.717) is 10.9 Å². The average Bonchev–Trinajstić information content (AvgIpc) is 2.60. The number of hydrogen-bond acceptors (Lipinski definition) is 5. The zero-order valence-corrected chi connectivity index (χ0v) is 15.7. The van der Waals surface area contributed by atoms with Crippen molar-refractivity contribution in [1.29, 1.82) is 0 Å². The summed E-state index contributed by atoms with van der Waals surface area (Å²) in [4.78, 5) is 3.92. The van der Waals surface area contributed by atoms with Crippen molar-refractivity contribution in [3.05, 3.63) is 54.1 Å². The highest BCUT2D eigenvalue weighted by Gasteiger charge is 2.35. The van der Waals surface area contributed by atoms with Crippen LogP contribution >= 0.6 is 7.37 Å². The molecule has 6 heteroatoms. The normalized spacial score (nSPS) is 14.8. The molecule has 0 aliphatic rings. The van der Waals surface area contributed by atoms with Crippen LogP contribution in [0.25, 0.3) is 0 Å². The van der Waals surface area contributed by atoms with Crippen LogP contribution in [0, 0.1) is 0 Å². The van der Waals surface area contributed by atoms with E-state index in [1.807, 2.05) is 62.3 Å². The quantitative estimate of drug-likeness (QED) is 0.813. The zero-order chi connectivity index (χ0) is 17.9. The first-order valence-electron chi connectivity index (χ1n) is 7.68. The molecule has 2 atom stereocenters. The van der Waals surface area contributed by atoms with E-state index in [4.69, 9.17) is 4.52 Å². The first-order chi connectivity index (χ1) is 11.3. The van der Waals surface area contributed by atoms with E-state index in [2.05, 4.69) is 0 Å². The number of anilines is 2. The molecule has 130 valence electrons. The number of hydrogen-bond donors (Lipinski definition) is 1. The lowest BCUT2D eigenvalue weighted by Gasteiger charge is -2.24. The van der Waals surface area contributed by atoms with E-state index < -0.39 is 13.2 Å². The van der Waals surface area contributed by atoms with E-state index in [1.54, 1.807) is 24.3 Å². The van der Waals surface area contributed by atoms with Gasteiger partial charge in [0, 0.05) is 52.0 Å². The fourth-order valence-corrected chi connectivity index (χ4v) is 4.27. The van der Waals surface area contributed by atoms with Crippen molar-refractivity contribution in [2.24, 2.45) is 0 Å². The molecule has 0 heterocycles. The van der Waals surface area contributed by atoms with Crippen molar-refractivity contribution >= 4 is 24.0 Å². The number of benzene rings is 2. The minimum atomic E-state index is -3.43. The van der Waals surface area contributed by atoms with Crippen LogP contribution in [-0.2, 0) is 9.09 Å². The number of aliphatic hydroxyl groups is 1. The van der Waals surface area contributed by atoms with Crippen LogP contribution in [0.2, 0.25) is 0 Å². The van der Waals surface area contributed by atoms with Crippen molar-refractivity contribution in [3.63, 3.8) is 0 Å². The summed E-state index contributed by atoms with van der Waals surface area (Å²) in [6.45, 7) is 0. The van der Waals surface area contributed by atoms with Gasteiger partial charge in [0.15, 0.2) is 5.85 Å². The van der Waals surface area contributed by atoms with Crippen LogP contribution < -0.4 is 15.1 Å². The molecule has 0 aromatic heterocycles. The third kappa shape index (κ3) is 3.64. The molecule has 0 amide bonds. The van der Waals surface area contributed by atoms with Gasteiger partial charge in [0.2, 0.25) is 0 Å². The Morgan fingerprint density at radius 1 is 0.875 bits per heavy atom. The Bertz CT molecular complexity index is 712. The number of aliphatic hydroxyl groups excluding tert-OH is 1. The lowest BCUT2D eigenvalue weighted by molar-refractivity contribution is 0.229. The van der Waals surface area contributed by atoms with Gasteiger partial charge in [-0.2, -0.15) is 0 Å². The van der Waals surface area contributed by atoms with Crippen LogP contribution in [0.5, 0.6) is 0 Å². The van der Waals surface area contributed by atoms with Gasteiger partial charge in [0.05, 0.1) is 0 Å². The zero-order valence-electron chi connectivity index (χ0n) is 14.8. The molecule has 0 unspecified atom stereocenters. The third-order valence-electron chi connectivity index (χ3n) is 4.03. The van der Waals surface area contributed by atoms with Crippen molar-refractivity contribution in [2.45, 2.75) is 5.85 Å². The van der Waals surface area contributed by atoms with Gasteiger partial charge in [-0.05, 0) is 42.0 Å². The second-order valence-corrected chi connectivity index (χ2v) is 8.61. The maximum atomic E-state index is 13.3. The lowest BCUT2D eigenvalue weighted by atomic mass is 10.2. The molecule has 0 fully saturated rings. The van der Waals surface area contributed by atoms with Crippen molar-refractivity contribution in [1.82, 2.24) is 0 Å². The highest BCUT2D eigenvalue weighted by molar-refractivity contribution is 7.67. The van der Waals surface area contributed by atoms with Crippen LogP contribution in [0.1, 0.15) is 11.4 Å². The minimum Gasteiger partial charge on any atom is -0.378 e. The highest BCUT2D eigenvalue weighted by Crippen LogP contribution is 2.57. The Morgan fingerprint density at radius 2 is 1.29 bits per heavy atom. The Hall–Kier alpha value is -1.81. The Balaban J connectivity index is 2.35. The minimum absolute atomic E-state index is 0.500. The molecule has 2 aromatic rings. The summed E-state index contributed by atoms with van der Waals surface area (Å²) in [5, 5.41) is 11.2. The first kappa shape index (κ1) is 18.5. The second-order valence-electron chi connectivity index (χ2n) is 6.05. The van der Waals surface area contributed by atoms with Crippen LogP contribution in [0.3, 0.4) is 0 Å². The Morgan fingerprint density at radius 3 is 1.67 bits per heavy atom. The van der Waals surface area contributed by atoms with Gasteiger partial charge in [-0.3, -0.25) is 4.57 Å². The monoisotopic (exact) mass is 348 g/mol. The predicted molar refractivity (Wildman–Crippen MR) is 101 cm³/mol. The lowest BCUT2D eigenvalue weighted by Crippen LogP contribution is -2.15. The van der Waals surface area contributed by atoms with E-state index in [0.717, 1.165) is 11.4 Å². The Kier molecular flexibility index (Phi) is 5.70. The van der Waals surface area contributed by atoms with E-state index >= 15 is 0 Å². The van der Waals surface area contributed by atoms with Crippen molar-refractivity contribution in [3.8, 4) is 0 Å². The molecule has 5 nitrogen and oxygen atoms in total. The van der Waals surface area contributed by atoms with Gasteiger partial charge >= 0.3 is 0 Å². The summed E-state index contributed by atoms with van der Waals surface area (Å²) in [5.74, 6) is -1.20. The summed E-state index contributed by atoms with van der Waals surface area (Å²) >= 11 is 0. The van der Waals surface area contributed by atoms with Gasteiger partial charge in [0.1, 0.15) is 0 Å². The molecule has 0 aliphatic heterocycles. The van der Waals surface area contributed by atoms with E-state index in [-0.39, 0.29) is 0 Å². The maximum Gasteiger partial charge on any atom is 0.263 e. The Labute approximate surface area is 143 Å². The fraction of sp³-hybridized carbons (Fsp3) is 0.333. The smallest absolute Gasteiger partial charge is 0.263 e. The molecule has 2 rings (SSSR count). The predicted octanol–water partition coefficient (Wildman–Crippen LogP) is 3.06. The average molecular weight is 348 g/mol. The first-order valence-corrected chi connectivity index (χ1v) is 9.37. The fourth-order valence-electron chi connectivity index (χ4n) is 2.45. The third-order valence-corrected chi connectivity index (χ3v) is 6.53. The molecule has 0 saturated carbocycles. The SMILES string of the molecule is CO[P@@](=O)(c1ccc(N(C)C)cc1)[C@@H](O)c1ccc(N(C)C)cc1. The van der Waals surface area contributed by atoms with Gasteiger partial charge in [-0.1, -0.05) is 12.1 Å². The molecule has 0 spiro atoms. The topological polar surface area (TPSA) is 53.0 Å². The molecule has 0 saturated heterocycles. The summed E-state index contributed by atoms with van der Waals surface area (Å²) in [7, 11) is 5.70. The number of nitrogens with zero attached hydrogens (tertiary/aromatic N) is 2. The maximum absolute atomic E-state index is 13.3. The van der Waals surface area contributed by atoms with Crippen LogP contribution in [-0.4, -0.2) is 40.4 Å². The largest absolute Gasteiger partial charge is 0.378 e. The van der Waals surface area contributed by atoms with Crippen molar-refractivity contribution in [2.75, 3.05) is 45.1 Å². The molecule has 1 N–H and O–H groups in total. The van der Waals surface area contributed by atoms with E-state index in [1.165, 1.54) is 7.11 Å². The van der Waals surface area contributed by atoms with E-state index in [9.17, 15) is 9.67 Å². The summed E-state index contributed by atoms with van der Waals surface area (Å²) < 4.78 is 18.6. The molecule has 0 aliphatic carbocycles.